The summed E-state index contributed by atoms with van der Waals surface area (Å²) in [5.41, 5.74) is 3.07. The van der Waals surface area contributed by atoms with Crippen LogP contribution in [-0.4, -0.2) is 11.6 Å². The molecule has 4 aromatic rings. The maximum Gasteiger partial charge on any atom is 0.202 e. The SMILES string of the molecule is CCOc1ccc2c(=O)c(-c3cscn3)c(/C=C/c3ccco3)oc2c1. The lowest BCUT2D eigenvalue weighted by Crippen LogP contribution is -2.08. The van der Waals surface area contributed by atoms with Crippen molar-refractivity contribution in [2.75, 3.05) is 6.61 Å². The van der Waals surface area contributed by atoms with Crippen LogP contribution in [0.4, 0.5) is 0 Å². The molecule has 0 unspecified atom stereocenters. The maximum absolute atomic E-state index is 13.1. The maximum atomic E-state index is 13.1. The summed E-state index contributed by atoms with van der Waals surface area (Å²) in [6.45, 7) is 2.45. The highest BCUT2D eigenvalue weighted by Crippen LogP contribution is 2.28. The molecule has 6 heteroatoms. The van der Waals surface area contributed by atoms with Gasteiger partial charge in [0.05, 0.1) is 35.0 Å². The molecular weight excluding hydrogens is 350 g/mol. The second-order valence-corrected chi connectivity index (χ2v) is 6.20. The number of hydrogen-bond donors (Lipinski definition) is 0. The van der Waals surface area contributed by atoms with Crippen molar-refractivity contribution in [2.24, 2.45) is 0 Å². The van der Waals surface area contributed by atoms with Crippen molar-refractivity contribution in [1.82, 2.24) is 4.98 Å². The average Bonchev–Trinajstić information content (AvgIpc) is 3.34. The fraction of sp³-hybridized carbons (Fsp3) is 0.100. The van der Waals surface area contributed by atoms with Crippen molar-refractivity contribution < 1.29 is 13.6 Å². The first kappa shape index (κ1) is 16.4. The van der Waals surface area contributed by atoms with Crippen molar-refractivity contribution in [3.05, 3.63) is 69.2 Å². The zero-order valence-electron chi connectivity index (χ0n) is 14.0. The van der Waals surface area contributed by atoms with Crippen LogP contribution >= 0.6 is 11.3 Å². The Bertz CT molecular complexity index is 1110. The predicted molar refractivity (Wildman–Crippen MR) is 102 cm³/mol. The minimum atomic E-state index is -0.126. The van der Waals surface area contributed by atoms with Crippen LogP contribution in [0.15, 0.2) is 61.1 Å². The first-order chi connectivity index (χ1) is 12.8. The van der Waals surface area contributed by atoms with Gasteiger partial charge in [-0.2, -0.15) is 0 Å². The van der Waals surface area contributed by atoms with E-state index < -0.39 is 0 Å². The molecule has 0 aliphatic carbocycles. The van der Waals surface area contributed by atoms with Crippen LogP contribution in [0, 0.1) is 0 Å². The molecule has 0 spiro atoms. The summed E-state index contributed by atoms with van der Waals surface area (Å²) in [4.78, 5) is 17.4. The lowest BCUT2D eigenvalue weighted by Gasteiger charge is -2.07. The van der Waals surface area contributed by atoms with Gasteiger partial charge < -0.3 is 13.6 Å². The zero-order chi connectivity index (χ0) is 17.9. The van der Waals surface area contributed by atoms with E-state index in [2.05, 4.69) is 4.98 Å². The number of fused-ring (bicyclic) bond motifs is 1. The van der Waals surface area contributed by atoms with Gasteiger partial charge in [0, 0.05) is 11.4 Å². The summed E-state index contributed by atoms with van der Waals surface area (Å²) >= 11 is 1.43. The molecule has 0 aliphatic heterocycles. The molecule has 3 aromatic heterocycles. The third-order valence-corrected chi connectivity index (χ3v) is 4.42. The zero-order valence-corrected chi connectivity index (χ0v) is 14.8. The summed E-state index contributed by atoms with van der Waals surface area (Å²) in [7, 11) is 0. The van der Waals surface area contributed by atoms with Crippen molar-refractivity contribution in [3.8, 4) is 17.0 Å². The minimum absolute atomic E-state index is 0.126. The van der Waals surface area contributed by atoms with E-state index in [4.69, 9.17) is 13.6 Å². The predicted octanol–water partition coefficient (Wildman–Crippen LogP) is 5.08. The highest BCUT2D eigenvalue weighted by Gasteiger charge is 2.17. The topological polar surface area (TPSA) is 65.5 Å². The Labute approximate surface area is 153 Å². The number of hydrogen-bond acceptors (Lipinski definition) is 6. The molecule has 0 saturated heterocycles. The smallest absolute Gasteiger partial charge is 0.202 e. The van der Waals surface area contributed by atoms with Crippen LogP contribution in [0.3, 0.4) is 0 Å². The van der Waals surface area contributed by atoms with Gasteiger partial charge in [0.2, 0.25) is 5.43 Å². The van der Waals surface area contributed by atoms with Gasteiger partial charge >= 0.3 is 0 Å². The molecule has 0 saturated carbocycles. The molecule has 1 aromatic carbocycles. The van der Waals surface area contributed by atoms with Gasteiger partial charge in [0.1, 0.15) is 22.9 Å². The monoisotopic (exact) mass is 365 g/mol. The van der Waals surface area contributed by atoms with Crippen LogP contribution in [-0.2, 0) is 0 Å². The van der Waals surface area contributed by atoms with Crippen LogP contribution in [0.5, 0.6) is 5.75 Å². The van der Waals surface area contributed by atoms with Crippen molar-refractivity contribution in [1.29, 1.82) is 0 Å². The molecule has 4 rings (SSSR count). The molecule has 0 amide bonds. The summed E-state index contributed by atoms with van der Waals surface area (Å²) in [5, 5.41) is 2.32. The first-order valence-electron chi connectivity index (χ1n) is 8.10. The normalized spacial score (nSPS) is 11.4. The van der Waals surface area contributed by atoms with Gasteiger partial charge in [-0.3, -0.25) is 4.79 Å². The van der Waals surface area contributed by atoms with Gasteiger partial charge in [-0.25, -0.2) is 4.98 Å². The second kappa shape index (κ2) is 7.01. The fourth-order valence-electron chi connectivity index (χ4n) is 2.69. The molecular formula is C20H15NO4S. The largest absolute Gasteiger partial charge is 0.494 e. The van der Waals surface area contributed by atoms with E-state index in [9.17, 15) is 4.79 Å². The first-order valence-corrected chi connectivity index (χ1v) is 9.04. The third kappa shape index (κ3) is 3.07. The highest BCUT2D eigenvalue weighted by atomic mass is 32.1. The molecule has 3 heterocycles. The van der Waals surface area contributed by atoms with E-state index in [1.807, 2.05) is 18.4 Å². The van der Waals surface area contributed by atoms with E-state index in [1.54, 1.807) is 48.2 Å². The van der Waals surface area contributed by atoms with E-state index >= 15 is 0 Å². The number of aromatic nitrogens is 1. The van der Waals surface area contributed by atoms with Gasteiger partial charge in [-0.05, 0) is 43.3 Å². The molecule has 5 nitrogen and oxygen atoms in total. The Balaban J connectivity index is 1.93. The summed E-state index contributed by atoms with van der Waals surface area (Å²) in [5.74, 6) is 1.75. The highest BCUT2D eigenvalue weighted by molar-refractivity contribution is 7.07. The van der Waals surface area contributed by atoms with Gasteiger partial charge in [0.25, 0.3) is 0 Å². The van der Waals surface area contributed by atoms with Crippen molar-refractivity contribution in [2.45, 2.75) is 6.92 Å². The summed E-state index contributed by atoms with van der Waals surface area (Å²) in [6, 6.07) is 8.85. The van der Waals surface area contributed by atoms with Crippen molar-refractivity contribution >= 4 is 34.5 Å². The summed E-state index contributed by atoms with van der Waals surface area (Å²) < 4.78 is 16.9. The summed E-state index contributed by atoms with van der Waals surface area (Å²) in [6.07, 6.45) is 5.07. The Hall–Kier alpha value is -3.12. The standard InChI is InChI=1S/C20H15NO4S/c1-2-23-14-5-7-15-18(10-14)25-17(8-6-13-4-3-9-24-13)19(20(15)22)16-11-26-12-21-16/h3-12H,2H2,1H3/b8-6+. The average molecular weight is 365 g/mol. The number of benzene rings is 1. The van der Waals surface area contributed by atoms with Gasteiger partial charge in [-0.1, -0.05) is 0 Å². The lowest BCUT2D eigenvalue weighted by molar-refractivity contribution is 0.340. The Morgan fingerprint density at radius 2 is 2.19 bits per heavy atom. The van der Waals surface area contributed by atoms with Crippen molar-refractivity contribution in [3.63, 3.8) is 0 Å². The molecule has 0 radical (unpaired) electrons. The van der Waals surface area contributed by atoms with Crippen LogP contribution in [0.25, 0.3) is 34.4 Å². The molecule has 0 bridgehead atoms. The number of nitrogens with zero attached hydrogens (tertiary/aromatic N) is 1. The van der Waals surface area contributed by atoms with E-state index in [1.165, 1.54) is 11.3 Å². The number of rotatable bonds is 5. The minimum Gasteiger partial charge on any atom is -0.494 e. The lowest BCUT2D eigenvalue weighted by atomic mass is 10.1. The molecule has 0 N–H and O–H groups in total. The Morgan fingerprint density at radius 1 is 1.27 bits per heavy atom. The van der Waals surface area contributed by atoms with Gasteiger partial charge in [0.15, 0.2) is 0 Å². The quantitative estimate of drug-likeness (QED) is 0.493. The van der Waals surface area contributed by atoms with E-state index in [0.717, 1.165) is 0 Å². The van der Waals surface area contributed by atoms with Crippen LogP contribution in [0.2, 0.25) is 0 Å². The Morgan fingerprint density at radius 3 is 2.92 bits per heavy atom. The van der Waals surface area contributed by atoms with E-state index in [0.29, 0.717) is 46.1 Å². The Kier molecular flexibility index (Phi) is 4.41. The van der Waals surface area contributed by atoms with E-state index in [-0.39, 0.29) is 5.43 Å². The molecule has 0 atom stereocenters. The molecule has 130 valence electrons. The number of furan rings is 1. The molecule has 0 fully saturated rings. The van der Waals surface area contributed by atoms with Crippen LogP contribution < -0.4 is 10.2 Å². The molecule has 0 aliphatic rings. The third-order valence-electron chi connectivity index (χ3n) is 3.83. The molecule has 26 heavy (non-hydrogen) atoms. The fourth-order valence-corrected chi connectivity index (χ4v) is 3.23. The van der Waals surface area contributed by atoms with Crippen LogP contribution in [0.1, 0.15) is 18.4 Å². The second-order valence-electron chi connectivity index (χ2n) is 5.48. The number of thiazole rings is 1. The van der Waals surface area contributed by atoms with Gasteiger partial charge in [-0.15, -0.1) is 11.3 Å². The number of ether oxygens (including phenoxy) is 1.